The number of pyridine rings is 1. The maximum absolute atomic E-state index is 11.7. The minimum Gasteiger partial charge on any atom is -0.475 e. The third kappa shape index (κ3) is 3.38. The van der Waals surface area contributed by atoms with Gasteiger partial charge in [0.2, 0.25) is 5.78 Å². The number of ketones is 2. The van der Waals surface area contributed by atoms with Crippen molar-refractivity contribution in [2.75, 3.05) is 0 Å². The van der Waals surface area contributed by atoms with Gasteiger partial charge in [-0.1, -0.05) is 6.07 Å². The molecular weight excluding hydrogens is 260 g/mol. The average molecular weight is 272 g/mol. The molecule has 2 rings (SSSR count). The summed E-state index contributed by atoms with van der Waals surface area (Å²) in [5, 5.41) is 8.46. The molecule has 2 N–H and O–H groups in total. The van der Waals surface area contributed by atoms with E-state index in [0.29, 0.717) is 12.0 Å². The minimum atomic E-state index is -1.59. The van der Waals surface area contributed by atoms with Crippen LogP contribution in [0.25, 0.3) is 0 Å². The van der Waals surface area contributed by atoms with E-state index < -0.39 is 24.0 Å². The Kier molecular flexibility index (Phi) is 4.05. The molecular formula is C14H12N2O4. The molecule has 2 aromatic rings. The van der Waals surface area contributed by atoms with Crippen LogP contribution in [0.3, 0.4) is 0 Å². The summed E-state index contributed by atoms with van der Waals surface area (Å²) >= 11 is 0. The molecule has 0 aliphatic heterocycles. The molecule has 2 heterocycles. The van der Waals surface area contributed by atoms with Gasteiger partial charge in [-0.2, -0.15) is 0 Å². The van der Waals surface area contributed by atoms with E-state index in [1.165, 1.54) is 6.20 Å². The molecule has 20 heavy (non-hydrogen) atoms. The third-order valence-electron chi connectivity index (χ3n) is 2.72. The van der Waals surface area contributed by atoms with Crippen molar-refractivity contribution in [1.82, 2.24) is 9.97 Å². The van der Waals surface area contributed by atoms with Gasteiger partial charge < -0.3 is 10.1 Å². The summed E-state index contributed by atoms with van der Waals surface area (Å²) < 4.78 is 0. The molecule has 0 unspecified atom stereocenters. The molecule has 0 aliphatic carbocycles. The van der Waals surface area contributed by atoms with Crippen LogP contribution in [0.1, 0.15) is 28.2 Å². The van der Waals surface area contributed by atoms with Gasteiger partial charge in [0.1, 0.15) is 0 Å². The average Bonchev–Trinajstić information content (AvgIpc) is 2.88. The number of carboxylic acid groups (broad SMARTS) is 1. The molecule has 0 atom stereocenters. The number of nitrogens with zero attached hydrogens (tertiary/aromatic N) is 1. The number of Topliss-reactive ketones (excluding diaryl/α,β-unsaturated/α-hetero) is 2. The van der Waals surface area contributed by atoms with Crippen LogP contribution in [0.4, 0.5) is 0 Å². The van der Waals surface area contributed by atoms with Gasteiger partial charge in [-0.15, -0.1) is 0 Å². The van der Waals surface area contributed by atoms with Gasteiger partial charge >= 0.3 is 5.97 Å². The number of carbonyl (C=O) groups excluding carboxylic acids is 2. The zero-order chi connectivity index (χ0) is 14.5. The largest absolute Gasteiger partial charge is 0.475 e. The summed E-state index contributed by atoms with van der Waals surface area (Å²) in [6.07, 6.45) is 3.04. The summed E-state index contributed by atoms with van der Waals surface area (Å²) in [7, 11) is 0. The molecule has 0 saturated carbocycles. The van der Waals surface area contributed by atoms with Crippen molar-refractivity contribution in [3.05, 3.63) is 53.6 Å². The predicted molar refractivity (Wildman–Crippen MR) is 69.4 cm³/mol. The van der Waals surface area contributed by atoms with Crippen LogP contribution in [0, 0.1) is 0 Å². The molecule has 6 heteroatoms. The topological polar surface area (TPSA) is 100 Å². The number of hydrogen-bond acceptors (Lipinski definition) is 4. The van der Waals surface area contributed by atoms with Gasteiger partial charge in [0, 0.05) is 35.8 Å². The normalized spacial score (nSPS) is 10.2. The molecule has 0 radical (unpaired) electrons. The molecule has 6 nitrogen and oxygen atoms in total. The van der Waals surface area contributed by atoms with E-state index in [9.17, 15) is 14.4 Å². The SMILES string of the molecule is O=C(O)C(=O)CC(=O)c1c[nH]c(Cc2ccccn2)c1. The number of aromatic amines is 1. The van der Waals surface area contributed by atoms with E-state index in [4.69, 9.17) is 5.11 Å². The Labute approximate surface area is 114 Å². The zero-order valence-corrected chi connectivity index (χ0v) is 10.5. The molecule has 0 bridgehead atoms. The van der Waals surface area contributed by atoms with Crippen LogP contribution in [0.15, 0.2) is 36.7 Å². The Balaban J connectivity index is 2.04. The van der Waals surface area contributed by atoms with Crippen LogP contribution in [-0.4, -0.2) is 32.6 Å². The summed E-state index contributed by atoms with van der Waals surface area (Å²) in [6.45, 7) is 0. The van der Waals surface area contributed by atoms with Gasteiger partial charge in [-0.05, 0) is 18.2 Å². The van der Waals surface area contributed by atoms with Crippen LogP contribution in [0.2, 0.25) is 0 Å². The first-order valence-corrected chi connectivity index (χ1v) is 5.93. The lowest BCUT2D eigenvalue weighted by Gasteiger charge is -1.96. The minimum absolute atomic E-state index is 0.297. The lowest BCUT2D eigenvalue weighted by atomic mass is 10.1. The van der Waals surface area contributed by atoms with Gasteiger partial charge in [-0.25, -0.2) is 4.79 Å². The molecule has 0 spiro atoms. The fourth-order valence-corrected chi connectivity index (χ4v) is 1.73. The monoisotopic (exact) mass is 272 g/mol. The highest BCUT2D eigenvalue weighted by molar-refractivity contribution is 6.37. The molecule has 2 aromatic heterocycles. The molecule has 0 aromatic carbocycles. The number of nitrogens with one attached hydrogen (secondary N) is 1. The summed E-state index contributed by atoms with van der Waals surface area (Å²) in [4.78, 5) is 40.2. The van der Waals surface area contributed by atoms with Crippen LogP contribution < -0.4 is 0 Å². The van der Waals surface area contributed by atoms with Crippen LogP contribution >= 0.6 is 0 Å². The fourth-order valence-electron chi connectivity index (χ4n) is 1.73. The van der Waals surface area contributed by atoms with E-state index in [0.717, 1.165) is 11.4 Å². The number of rotatable bonds is 6. The predicted octanol–water partition coefficient (Wildman–Crippen LogP) is 1.23. The number of aromatic nitrogens is 2. The highest BCUT2D eigenvalue weighted by atomic mass is 16.4. The van der Waals surface area contributed by atoms with E-state index in [-0.39, 0.29) is 0 Å². The number of aliphatic carboxylic acids is 1. The lowest BCUT2D eigenvalue weighted by Crippen LogP contribution is -2.16. The Bertz CT molecular complexity index is 646. The van der Waals surface area contributed by atoms with E-state index >= 15 is 0 Å². The first-order valence-electron chi connectivity index (χ1n) is 5.93. The number of hydrogen-bond donors (Lipinski definition) is 2. The van der Waals surface area contributed by atoms with Gasteiger partial charge in [0.15, 0.2) is 5.78 Å². The van der Waals surface area contributed by atoms with Crippen molar-refractivity contribution < 1.29 is 19.5 Å². The van der Waals surface area contributed by atoms with Crippen molar-refractivity contribution in [2.45, 2.75) is 12.8 Å². The fraction of sp³-hybridized carbons (Fsp3) is 0.143. The third-order valence-corrected chi connectivity index (χ3v) is 2.72. The van der Waals surface area contributed by atoms with Crippen molar-refractivity contribution in [1.29, 1.82) is 0 Å². The van der Waals surface area contributed by atoms with Gasteiger partial charge in [0.05, 0.1) is 6.42 Å². The van der Waals surface area contributed by atoms with Crippen LogP contribution in [-0.2, 0) is 16.0 Å². The van der Waals surface area contributed by atoms with Crippen molar-refractivity contribution >= 4 is 17.5 Å². The zero-order valence-electron chi connectivity index (χ0n) is 10.5. The van der Waals surface area contributed by atoms with Crippen molar-refractivity contribution in [3.8, 4) is 0 Å². The van der Waals surface area contributed by atoms with E-state index in [1.54, 1.807) is 12.3 Å². The second-order valence-corrected chi connectivity index (χ2v) is 4.24. The Hall–Kier alpha value is -2.76. The first-order chi connectivity index (χ1) is 9.56. The van der Waals surface area contributed by atoms with Gasteiger partial charge in [0.25, 0.3) is 0 Å². The second-order valence-electron chi connectivity index (χ2n) is 4.24. The van der Waals surface area contributed by atoms with Gasteiger partial charge in [-0.3, -0.25) is 14.6 Å². The van der Waals surface area contributed by atoms with Crippen LogP contribution in [0.5, 0.6) is 0 Å². The highest BCUT2D eigenvalue weighted by Gasteiger charge is 2.18. The summed E-state index contributed by atoms with van der Waals surface area (Å²) in [5.41, 5.74) is 1.91. The molecule has 102 valence electrons. The quantitative estimate of drug-likeness (QED) is 0.468. The standard InChI is InChI=1S/C14H12N2O4/c17-12(7-13(18)14(19)20)9-5-11(16-8-9)6-10-3-1-2-4-15-10/h1-5,8,16H,6-7H2,(H,19,20). The van der Waals surface area contributed by atoms with Crippen molar-refractivity contribution in [2.24, 2.45) is 0 Å². The lowest BCUT2D eigenvalue weighted by molar-refractivity contribution is -0.148. The highest BCUT2D eigenvalue weighted by Crippen LogP contribution is 2.10. The number of carbonyl (C=O) groups is 3. The van der Waals surface area contributed by atoms with Crippen molar-refractivity contribution in [3.63, 3.8) is 0 Å². The second kappa shape index (κ2) is 5.92. The Morgan fingerprint density at radius 1 is 1.25 bits per heavy atom. The first kappa shape index (κ1) is 13.7. The van der Waals surface area contributed by atoms with E-state index in [2.05, 4.69) is 9.97 Å². The number of H-pyrrole nitrogens is 1. The molecule has 0 fully saturated rings. The summed E-state index contributed by atoms with van der Waals surface area (Å²) in [5.74, 6) is -3.22. The Morgan fingerprint density at radius 3 is 2.70 bits per heavy atom. The Morgan fingerprint density at radius 2 is 2.05 bits per heavy atom. The molecule has 0 saturated heterocycles. The smallest absolute Gasteiger partial charge is 0.372 e. The maximum Gasteiger partial charge on any atom is 0.372 e. The molecule has 0 aliphatic rings. The number of carboxylic acids is 1. The molecule has 0 amide bonds. The maximum atomic E-state index is 11.7. The van der Waals surface area contributed by atoms with E-state index in [1.807, 2.05) is 18.2 Å². The summed E-state index contributed by atoms with van der Waals surface area (Å²) in [6, 6.07) is 7.13.